The third-order valence-electron chi connectivity index (χ3n) is 4.27. The van der Waals surface area contributed by atoms with Gasteiger partial charge in [0.1, 0.15) is 11.4 Å². The molecule has 1 aliphatic rings. The fourth-order valence-corrected chi connectivity index (χ4v) is 2.96. The van der Waals surface area contributed by atoms with Gasteiger partial charge in [-0.15, -0.1) is 5.10 Å². The highest BCUT2D eigenvalue weighted by molar-refractivity contribution is 5.53. The highest BCUT2D eigenvalue weighted by Crippen LogP contribution is 2.42. The summed E-state index contributed by atoms with van der Waals surface area (Å²) in [6.45, 7) is 7.23. The summed E-state index contributed by atoms with van der Waals surface area (Å²) in [6, 6.07) is 2.18. The summed E-state index contributed by atoms with van der Waals surface area (Å²) in [5.74, 6) is 0.649. The van der Waals surface area contributed by atoms with Crippen LogP contribution in [0.2, 0.25) is 0 Å². The van der Waals surface area contributed by atoms with Gasteiger partial charge in [-0.1, -0.05) is 5.21 Å². The summed E-state index contributed by atoms with van der Waals surface area (Å²) in [7, 11) is 1.91. The molecule has 1 saturated carbocycles. The van der Waals surface area contributed by atoms with Gasteiger partial charge in [-0.2, -0.15) is 10.2 Å². The van der Waals surface area contributed by atoms with Crippen LogP contribution in [0.3, 0.4) is 0 Å². The summed E-state index contributed by atoms with van der Waals surface area (Å²) < 4.78 is 5.78. The predicted molar refractivity (Wildman–Crippen MR) is 90.5 cm³/mol. The van der Waals surface area contributed by atoms with E-state index in [1.165, 1.54) is 18.5 Å². The largest absolute Gasteiger partial charge is 0.275 e. The molecule has 0 aliphatic heterocycles. The predicted octanol–water partition coefficient (Wildman–Crippen LogP) is 2.56. The van der Waals surface area contributed by atoms with Gasteiger partial charge in [-0.05, 0) is 39.7 Å². The molecule has 0 amide bonds. The number of aromatic nitrogens is 7. The highest BCUT2D eigenvalue weighted by Gasteiger charge is 2.32. The molecule has 0 radical (unpaired) electrons. The van der Waals surface area contributed by atoms with Gasteiger partial charge < -0.3 is 0 Å². The van der Waals surface area contributed by atoms with Gasteiger partial charge >= 0.3 is 0 Å². The Morgan fingerprint density at radius 3 is 2.58 bits per heavy atom. The lowest BCUT2D eigenvalue weighted by Gasteiger charge is -2.22. The fourth-order valence-electron chi connectivity index (χ4n) is 2.96. The lowest BCUT2D eigenvalue weighted by Crippen LogP contribution is -2.25. The van der Waals surface area contributed by atoms with E-state index in [2.05, 4.69) is 46.9 Å². The van der Waals surface area contributed by atoms with Gasteiger partial charge in [-0.3, -0.25) is 9.36 Å². The maximum Gasteiger partial charge on any atom is 0.133 e. The van der Waals surface area contributed by atoms with Crippen LogP contribution in [0.25, 0.3) is 11.4 Å². The van der Waals surface area contributed by atoms with Gasteiger partial charge in [0.25, 0.3) is 0 Å². The van der Waals surface area contributed by atoms with Crippen LogP contribution in [0.5, 0.6) is 0 Å². The van der Waals surface area contributed by atoms with E-state index in [1.807, 2.05) is 30.3 Å². The van der Waals surface area contributed by atoms with Gasteiger partial charge in [0.15, 0.2) is 0 Å². The normalized spacial score (nSPS) is 15.2. The van der Waals surface area contributed by atoms with E-state index >= 15 is 0 Å². The number of rotatable bonds is 4. The Hall–Kier alpha value is -2.44. The quantitative estimate of drug-likeness (QED) is 0.739. The molecule has 0 atom stereocenters. The van der Waals surface area contributed by atoms with Gasteiger partial charge in [0, 0.05) is 30.4 Å². The zero-order chi connectivity index (χ0) is 16.9. The molecule has 24 heavy (non-hydrogen) atoms. The Bertz CT molecular complexity index is 858. The van der Waals surface area contributed by atoms with Gasteiger partial charge in [0.2, 0.25) is 0 Å². The van der Waals surface area contributed by atoms with Crippen molar-refractivity contribution in [1.29, 1.82) is 0 Å². The molecular weight excluding hydrogens is 302 g/mol. The molecular formula is C17H23N7. The van der Waals surface area contributed by atoms with Crippen LogP contribution in [-0.4, -0.2) is 34.6 Å². The van der Waals surface area contributed by atoms with Crippen molar-refractivity contribution in [3.63, 3.8) is 0 Å². The van der Waals surface area contributed by atoms with Crippen molar-refractivity contribution >= 4 is 0 Å². The Labute approximate surface area is 141 Å². The summed E-state index contributed by atoms with van der Waals surface area (Å²) in [5.41, 5.74) is 4.13. The van der Waals surface area contributed by atoms with E-state index in [1.54, 1.807) is 4.68 Å². The summed E-state index contributed by atoms with van der Waals surface area (Å²) in [4.78, 5) is 0. The average molecular weight is 325 g/mol. The molecule has 0 bridgehead atoms. The van der Waals surface area contributed by atoms with Crippen molar-refractivity contribution in [3.8, 4) is 11.4 Å². The minimum absolute atomic E-state index is 0.0259. The van der Waals surface area contributed by atoms with Crippen LogP contribution in [0.4, 0.5) is 0 Å². The van der Waals surface area contributed by atoms with Crippen LogP contribution in [0, 0.1) is 0 Å². The first-order valence-corrected chi connectivity index (χ1v) is 8.38. The van der Waals surface area contributed by atoms with Crippen LogP contribution in [0.1, 0.15) is 50.8 Å². The van der Waals surface area contributed by atoms with Gasteiger partial charge in [0.05, 0.1) is 24.5 Å². The molecule has 0 unspecified atom stereocenters. The molecule has 0 aromatic carbocycles. The van der Waals surface area contributed by atoms with E-state index in [-0.39, 0.29) is 5.54 Å². The van der Waals surface area contributed by atoms with Crippen molar-refractivity contribution in [2.24, 2.45) is 7.05 Å². The molecule has 3 aromatic heterocycles. The number of hydrogen-bond donors (Lipinski definition) is 0. The summed E-state index contributed by atoms with van der Waals surface area (Å²) in [5, 5.41) is 17.6. The van der Waals surface area contributed by atoms with Crippen molar-refractivity contribution < 1.29 is 0 Å². The second kappa shape index (κ2) is 5.29. The van der Waals surface area contributed by atoms with E-state index in [9.17, 15) is 0 Å². The molecule has 1 fully saturated rings. The lowest BCUT2D eigenvalue weighted by atomic mass is 10.1. The Morgan fingerprint density at radius 1 is 1.17 bits per heavy atom. The Kier molecular flexibility index (Phi) is 3.33. The minimum Gasteiger partial charge on any atom is -0.275 e. The van der Waals surface area contributed by atoms with Crippen molar-refractivity contribution in [2.75, 3.05) is 0 Å². The minimum atomic E-state index is -0.0259. The van der Waals surface area contributed by atoms with Crippen LogP contribution >= 0.6 is 0 Å². The molecule has 0 N–H and O–H groups in total. The zero-order valence-corrected chi connectivity index (χ0v) is 14.6. The number of aryl methyl sites for hydroxylation is 1. The third kappa shape index (κ3) is 2.86. The Balaban J connectivity index is 1.62. The first-order chi connectivity index (χ1) is 11.4. The lowest BCUT2D eigenvalue weighted by molar-refractivity contribution is 0.344. The highest BCUT2D eigenvalue weighted by atomic mass is 15.4. The topological polar surface area (TPSA) is 66.3 Å². The molecule has 0 saturated heterocycles. The molecule has 3 heterocycles. The zero-order valence-electron chi connectivity index (χ0n) is 14.6. The van der Waals surface area contributed by atoms with Crippen molar-refractivity contribution in [2.45, 2.75) is 51.6 Å². The fraction of sp³-hybridized carbons (Fsp3) is 0.529. The van der Waals surface area contributed by atoms with Crippen LogP contribution < -0.4 is 0 Å². The summed E-state index contributed by atoms with van der Waals surface area (Å²) >= 11 is 0. The van der Waals surface area contributed by atoms with Crippen molar-refractivity contribution in [3.05, 3.63) is 35.9 Å². The smallest absolute Gasteiger partial charge is 0.133 e. The molecule has 3 aromatic rings. The second-order valence-electron chi connectivity index (χ2n) is 7.63. The second-order valence-corrected chi connectivity index (χ2v) is 7.63. The Morgan fingerprint density at radius 2 is 1.96 bits per heavy atom. The number of nitrogens with zero attached hydrogens (tertiary/aromatic N) is 7. The number of hydrogen-bond acceptors (Lipinski definition) is 4. The average Bonchev–Trinajstić information content (AvgIpc) is 2.93. The molecule has 0 spiro atoms. The molecule has 4 rings (SSSR count). The van der Waals surface area contributed by atoms with E-state index in [0.717, 1.165) is 17.0 Å². The van der Waals surface area contributed by atoms with Crippen molar-refractivity contribution in [1.82, 2.24) is 34.6 Å². The summed E-state index contributed by atoms with van der Waals surface area (Å²) in [6.07, 6.45) is 8.31. The molecule has 7 heteroatoms. The van der Waals surface area contributed by atoms with E-state index < -0.39 is 0 Å². The van der Waals surface area contributed by atoms with Gasteiger partial charge in [-0.25, -0.2) is 4.68 Å². The maximum absolute atomic E-state index is 4.82. The molecule has 7 nitrogen and oxygen atoms in total. The molecule has 1 aliphatic carbocycles. The first kappa shape index (κ1) is 15.1. The maximum atomic E-state index is 4.82. The third-order valence-corrected chi connectivity index (χ3v) is 4.27. The van der Waals surface area contributed by atoms with Crippen LogP contribution in [0.15, 0.2) is 24.7 Å². The van der Waals surface area contributed by atoms with E-state index in [0.29, 0.717) is 12.5 Å². The first-order valence-electron chi connectivity index (χ1n) is 8.38. The van der Waals surface area contributed by atoms with E-state index in [4.69, 9.17) is 5.10 Å². The molecule has 126 valence electrons. The standard InChI is InChI=1S/C17H23N7/c1-17(2,3)24-16(13-5-6-13)7-14(20-24)15-11-23(21-19-15)10-12-8-18-22(4)9-12/h7-9,11,13H,5-6,10H2,1-4H3. The SMILES string of the molecule is Cn1cc(Cn2cc(-c3cc(C4CC4)n(C(C)(C)C)n3)nn2)cn1. The van der Waals surface area contributed by atoms with Crippen LogP contribution in [-0.2, 0) is 19.1 Å². The monoisotopic (exact) mass is 325 g/mol.